The van der Waals surface area contributed by atoms with Crippen LogP contribution >= 0.6 is 0 Å². The molecule has 0 amide bonds. The third-order valence-electron chi connectivity index (χ3n) is 3.07. The van der Waals surface area contributed by atoms with Gasteiger partial charge in [0.15, 0.2) is 0 Å². The smallest absolute Gasteiger partial charge is 0.137 e. The number of benzene rings is 1. The van der Waals surface area contributed by atoms with Crippen LogP contribution in [0.5, 0.6) is 5.75 Å². The van der Waals surface area contributed by atoms with Crippen molar-refractivity contribution in [1.29, 1.82) is 0 Å². The Bertz CT molecular complexity index is 555. The van der Waals surface area contributed by atoms with Crippen molar-refractivity contribution >= 4 is 5.69 Å². The average Bonchev–Trinajstić information content (AvgIpc) is 2.46. The Kier molecular flexibility index (Phi) is 4.02. The quantitative estimate of drug-likeness (QED) is 0.912. The van der Waals surface area contributed by atoms with Gasteiger partial charge in [0.05, 0.1) is 19.3 Å². The summed E-state index contributed by atoms with van der Waals surface area (Å²) in [6, 6.07) is 9.89. The molecule has 4 nitrogen and oxygen atoms in total. The molecule has 1 aromatic heterocycles. The van der Waals surface area contributed by atoms with Gasteiger partial charge < -0.3 is 15.4 Å². The fourth-order valence-electron chi connectivity index (χ4n) is 1.91. The number of nitrogens with zero attached hydrogens (tertiary/aromatic N) is 2. The van der Waals surface area contributed by atoms with Gasteiger partial charge >= 0.3 is 0 Å². The second kappa shape index (κ2) is 5.71. The Labute approximate surface area is 113 Å². The van der Waals surface area contributed by atoms with E-state index in [1.54, 1.807) is 19.5 Å². The number of hydrogen-bond donors (Lipinski definition) is 1. The summed E-state index contributed by atoms with van der Waals surface area (Å²) in [7, 11) is 5.65. The van der Waals surface area contributed by atoms with Crippen LogP contribution in [-0.2, 0) is 0 Å². The van der Waals surface area contributed by atoms with Crippen molar-refractivity contribution < 1.29 is 4.74 Å². The van der Waals surface area contributed by atoms with Gasteiger partial charge in [0.1, 0.15) is 5.75 Å². The molecular weight excluding hydrogens is 238 g/mol. The molecule has 0 aliphatic heterocycles. The Morgan fingerprint density at radius 1 is 1.16 bits per heavy atom. The van der Waals surface area contributed by atoms with Gasteiger partial charge in [-0.2, -0.15) is 0 Å². The van der Waals surface area contributed by atoms with Crippen molar-refractivity contribution in [2.75, 3.05) is 26.1 Å². The van der Waals surface area contributed by atoms with Crippen molar-refractivity contribution in [3.63, 3.8) is 0 Å². The summed E-state index contributed by atoms with van der Waals surface area (Å²) in [5, 5.41) is 0. The lowest BCUT2D eigenvalue weighted by Crippen LogP contribution is -2.14. The van der Waals surface area contributed by atoms with Gasteiger partial charge in [0.2, 0.25) is 0 Å². The van der Waals surface area contributed by atoms with Crippen molar-refractivity contribution in [1.82, 2.24) is 4.98 Å². The van der Waals surface area contributed by atoms with Gasteiger partial charge in [-0.05, 0) is 29.3 Å². The lowest BCUT2D eigenvalue weighted by atomic mass is 10.0. The number of ether oxygens (including phenoxy) is 1. The van der Waals surface area contributed by atoms with Crippen LogP contribution in [0.15, 0.2) is 42.7 Å². The second-order valence-corrected chi connectivity index (χ2v) is 4.63. The van der Waals surface area contributed by atoms with Crippen LogP contribution in [0, 0.1) is 0 Å². The Hall–Kier alpha value is -2.07. The number of aromatic nitrogens is 1. The van der Waals surface area contributed by atoms with Crippen molar-refractivity contribution in [3.8, 4) is 5.75 Å². The van der Waals surface area contributed by atoms with Gasteiger partial charge in [-0.25, -0.2) is 0 Å². The highest BCUT2D eigenvalue weighted by Crippen LogP contribution is 2.24. The summed E-state index contributed by atoms with van der Waals surface area (Å²) >= 11 is 0. The Morgan fingerprint density at radius 3 is 2.63 bits per heavy atom. The van der Waals surface area contributed by atoms with E-state index in [4.69, 9.17) is 10.5 Å². The van der Waals surface area contributed by atoms with E-state index in [9.17, 15) is 0 Å². The van der Waals surface area contributed by atoms with Gasteiger partial charge in [0.25, 0.3) is 0 Å². The van der Waals surface area contributed by atoms with Crippen molar-refractivity contribution in [2.45, 2.75) is 6.04 Å². The molecule has 1 unspecified atom stereocenters. The number of methoxy groups -OCH3 is 1. The maximum atomic E-state index is 6.29. The molecule has 2 aromatic rings. The highest BCUT2D eigenvalue weighted by molar-refractivity contribution is 5.49. The summed E-state index contributed by atoms with van der Waals surface area (Å²) in [6.45, 7) is 0. The summed E-state index contributed by atoms with van der Waals surface area (Å²) in [4.78, 5) is 6.20. The molecule has 0 fully saturated rings. The Morgan fingerprint density at radius 2 is 1.95 bits per heavy atom. The van der Waals surface area contributed by atoms with Crippen LogP contribution in [0.2, 0.25) is 0 Å². The van der Waals surface area contributed by atoms with E-state index in [2.05, 4.69) is 22.0 Å². The van der Waals surface area contributed by atoms with Crippen molar-refractivity contribution in [3.05, 3.63) is 53.9 Å². The van der Waals surface area contributed by atoms with Crippen LogP contribution < -0.4 is 15.4 Å². The number of anilines is 1. The van der Waals surface area contributed by atoms with E-state index >= 15 is 0 Å². The first-order chi connectivity index (χ1) is 9.11. The summed E-state index contributed by atoms with van der Waals surface area (Å²) in [5.74, 6) is 0.719. The number of nitrogens with two attached hydrogens (primary N) is 1. The standard InChI is InChI=1S/C15H19N3O/c1-18(2)13-6-4-5-11(7-13)15(16)12-8-14(19-3)10-17-9-12/h4-10,15H,16H2,1-3H3. The van der Waals surface area contributed by atoms with Gasteiger partial charge in [-0.15, -0.1) is 0 Å². The minimum absolute atomic E-state index is 0.206. The third-order valence-corrected chi connectivity index (χ3v) is 3.07. The van der Waals surface area contributed by atoms with Crippen LogP contribution in [0.3, 0.4) is 0 Å². The van der Waals surface area contributed by atoms with Gasteiger partial charge in [-0.3, -0.25) is 4.98 Å². The molecule has 0 saturated heterocycles. The molecular formula is C15H19N3O. The lowest BCUT2D eigenvalue weighted by Gasteiger charge is -2.17. The van der Waals surface area contributed by atoms with E-state index in [1.165, 1.54) is 0 Å². The molecule has 4 heteroatoms. The minimum Gasteiger partial charge on any atom is -0.495 e. The first-order valence-electron chi connectivity index (χ1n) is 6.13. The first kappa shape index (κ1) is 13.4. The molecule has 0 spiro atoms. The maximum absolute atomic E-state index is 6.29. The fraction of sp³-hybridized carbons (Fsp3) is 0.267. The van der Waals surface area contributed by atoms with Crippen molar-refractivity contribution in [2.24, 2.45) is 5.73 Å². The highest BCUT2D eigenvalue weighted by atomic mass is 16.5. The third kappa shape index (κ3) is 3.03. The molecule has 0 aliphatic carbocycles. The SMILES string of the molecule is COc1cncc(C(N)c2cccc(N(C)C)c2)c1. The number of rotatable bonds is 4. The summed E-state index contributed by atoms with van der Waals surface area (Å²) < 4.78 is 5.18. The second-order valence-electron chi connectivity index (χ2n) is 4.63. The number of pyridine rings is 1. The maximum Gasteiger partial charge on any atom is 0.137 e. The Balaban J connectivity index is 2.32. The van der Waals surface area contributed by atoms with Crippen LogP contribution in [0.4, 0.5) is 5.69 Å². The van der Waals surface area contributed by atoms with E-state index in [0.717, 1.165) is 22.6 Å². The summed E-state index contributed by atoms with van der Waals surface area (Å²) in [6.07, 6.45) is 3.45. The zero-order valence-corrected chi connectivity index (χ0v) is 11.5. The first-order valence-corrected chi connectivity index (χ1v) is 6.13. The fourth-order valence-corrected chi connectivity index (χ4v) is 1.91. The molecule has 0 aliphatic rings. The minimum atomic E-state index is -0.206. The number of hydrogen-bond acceptors (Lipinski definition) is 4. The largest absolute Gasteiger partial charge is 0.495 e. The predicted octanol–water partition coefficient (Wildman–Crippen LogP) is 2.20. The molecule has 1 atom stereocenters. The van der Waals surface area contributed by atoms with E-state index < -0.39 is 0 Å². The van der Waals surface area contributed by atoms with Crippen LogP contribution in [-0.4, -0.2) is 26.2 Å². The monoisotopic (exact) mass is 257 g/mol. The lowest BCUT2D eigenvalue weighted by molar-refractivity contribution is 0.412. The zero-order chi connectivity index (χ0) is 13.8. The zero-order valence-electron chi connectivity index (χ0n) is 11.5. The van der Waals surface area contributed by atoms with Gasteiger partial charge in [0, 0.05) is 26.0 Å². The van der Waals surface area contributed by atoms with Crippen LogP contribution in [0.25, 0.3) is 0 Å². The molecule has 0 bridgehead atoms. The van der Waals surface area contributed by atoms with Crippen LogP contribution in [0.1, 0.15) is 17.2 Å². The summed E-state index contributed by atoms with van der Waals surface area (Å²) in [5.41, 5.74) is 9.42. The molecule has 0 saturated carbocycles. The predicted molar refractivity (Wildman–Crippen MR) is 77.6 cm³/mol. The normalized spacial score (nSPS) is 12.0. The molecule has 1 heterocycles. The molecule has 19 heavy (non-hydrogen) atoms. The average molecular weight is 257 g/mol. The van der Waals surface area contributed by atoms with E-state index in [1.807, 2.05) is 32.3 Å². The highest BCUT2D eigenvalue weighted by Gasteiger charge is 2.11. The molecule has 0 radical (unpaired) electrons. The molecule has 2 rings (SSSR count). The molecule has 2 N–H and O–H groups in total. The van der Waals surface area contributed by atoms with E-state index in [0.29, 0.717) is 0 Å². The topological polar surface area (TPSA) is 51.4 Å². The molecule has 1 aromatic carbocycles. The van der Waals surface area contributed by atoms with Gasteiger partial charge in [-0.1, -0.05) is 12.1 Å². The van der Waals surface area contributed by atoms with E-state index in [-0.39, 0.29) is 6.04 Å². The molecule has 100 valence electrons.